The van der Waals surface area contributed by atoms with Gasteiger partial charge in [0, 0.05) is 25.6 Å². The first kappa shape index (κ1) is 14.3. The predicted molar refractivity (Wildman–Crippen MR) is 71.8 cm³/mol. The molecule has 0 aromatic carbocycles. The highest BCUT2D eigenvalue weighted by Gasteiger charge is 2.28. The highest BCUT2D eigenvalue weighted by molar-refractivity contribution is 5.78. The summed E-state index contributed by atoms with van der Waals surface area (Å²) in [7, 11) is 0. The van der Waals surface area contributed by atoms with E-state index in [1.807, 2.05) is 0 Å². The number of carboxylic acid groups (broad SMARTS) is 1. The molecule has 0 saturated carbocycles. The van der Waals surface area contributed by atoms with Gasteiger partial charge in [0.2, 0.25) is 5.91 Å². The number of carboxylic acids is 1. The van der Waals surface area contributed by atoms with Crippen molar-refractivity contribution >= 4 is 11.9 Å². The van der Waals surface area contributed by atoms with E-state index in [-0.39, 0.29) is 11.8 Å². The molecule has 0 aliphatic carbocycles. The van der Waals surface area contributed by atoms with Gasteiger partial charge in [-0.15, -0.1) is 0 Å². The topological polar surface area (TPSA) is 69.6 Å². The molecular weight excluding hydrogens is 244 g/mol. The van der Waals surface area contributed by atoms with Gasteiger partial charge in [0.1, 0.15) is 0 Å². The van der Waals surface area contributed by atoms with Crippen LogP contribution < -0.4 is 5.32 Å². The zero-order valence-corrected chi connectivity index (χ0v) is 11.4. The van der Waals surface area contributed by atoms with Crippen molar-refractivity contribution in [2.45, 2.75) is 51.0 Å². The summed E-state index contributed by atoms with van der Waals surface area (Å²) in [5.41, 5.74) is 0. The van der Waals surface area contributed by atoms with Crippen molar-refractivity contribution in [3.05, 3.63) is 0 Å². The Morgan fingerprint density at radius 1 is 1.21 bits per heavy atom. The number of hydrogen-bond acceptors (Lipinski definition) is 3. The van der Waals surface area contributed by atoms with E-state index in [0.717, 1.165) is 32.4 Å². The molecular formula is C14H24N2O3. The van der Waals surface area contributed by atoms with Crippen LogP contribution in [-0.4, -0.2) is 47.6 Å². The van der Waals surface area contributed by atoms with Gasteiger partial charge in [-0.3, -0.25) is 9.59 Å². The normalized spacial score (nSPS) is 28.1. The number of carbonyl (C=O) groups excluding carboxylic acids is 1. The molecule has 2 saturated heterocycles. The zero-order valence-electron chi connectivity index (χ0n) is 11.4. The van der Waals surface area contributed by atoms with Crippen LogP contribution in [0, 0.1) is 5.92 Å². The Morgan fingerprint density at radius 2 is 2.05 bits per heavy atom. The maximum atomic E-state index is 12.1. The van der Waals surface area contributed by atoms with Crippen molar-refractivity contribution in [1.82, 2.24) is 10.2 Å². The van der Waals surface area contributed by atoms with Gasteiger partial charge in [0.05, 0.1) is 5.92 Å². The number of carbonyl (C=O) groups is 2. The van der Waals surface area contributed by atoms with Crippen LogP contribution in [0.15, 0.2) is 0 Å². The van der Waals surface area contributed by atoms with Crippen LogP contribution in [0.3, 0.4) is 0 Å². The standard InChI is InChI=1S/C14H24N2O3/c17-13(7-6-12-5-1-2-8-15-12)16-9-3-4-11(10-16)14(18)19/h11-12,15H,1-10H2,(H,18,19)/t11-,12?/m1/s1. The molecule has 2 atom stereocenters. The highest BCUT2D eigenvalue weighted by Crippen LogP contribution is 2.19. The molecule has 0 aromatic rings. The Labute approximate surface area is 114 Å². The molecule has 0 aromatic heterocycles. The van der Waals surface area contributed by atoms with E-state index in [9.17, 15) is 9.59 Å². The van der Waals surface area contributed by atoms with Gasteiger partial charge in [-0.1, -0.05) is 6.42 Å². The van der Waals surface area contributed by atoms with Crippen molar-refractivity contribution in [2.24, 2.45) is 5.92 Å². The molecule has 1 unspecified atom stereocenters. The SMILES string of the molecule is O=C(O)[C@@H]1CCCN(C(=O)CCC2CCCCN2)C1. The molecule has 19 heavy (non-hydrogen) atoms. The Bertz CT molecular complexity index is 327. The number of hydrogen-bond donors (Lipinski definition) is 2. The first-order chi connectivity index (χ1) is 9.16. The smallest absolute Gasteiger partial charge is 0.308 e. The van der Waals surface area contributed by atoms with Crippen molar-refractivity contribution in [3.8, 4) is 0 Å². The maximum Gasteiger partial charge on any atom is 0.308 e. The molecule has 108 valence electrons. The minimum Gasteiger partial charge on any atom is -0.481 e. The molecule has 0 radical (unpaired) electrons. The highest BCUT2D eigenvalue weighted by atomic mass is 16.4. The van der Waals surface area contributed by atoms with Gasteiger partial charge < -0.3 is 15.3 Å². The summed E-state index contributed by atoms with van der Waals surface area (Å²) in [5, 5.41) is 12.5. The largest absolute Gasteiger partial charge is 0.481 e. The average Bonchev–Trinajstić information content (AvgIpc) is 2.46. The number of aliphatic carboxylic acids is 1. The second kappa shape index (κ2) is 6.89. The fourth-order valence-electron chi connectivity index (χ4n) is 3.03. The third-order valence-electron chi connectivity index (χ3n) is 4.24. The Hall–Kier alpha value is -1.10. The molecule has 2 heterocycles. The predicted octanol–water partition coefficient (Wildman–Crippen LogP) is 1.23. The average molecular weight is 268 g/mol. The van der Waals surface area contributed by atoms with Gasteiger partial charge in [-0.2, -0.15) is 0 Å². The molecule has 2 fully saturated rings. The second-order valence-electron chi connectivity index (χ2n) is 5.70. The fourth-order valence-corrected chi connectivity index (χ4v) is 3.03. The summed E-state index contributed by atoms with van der Waals surface area (Å²) in [6, 6.07) is 0.470. The van der Waals surface area contributed by atoms with Gasteiger partial charge in [-0.25, -0.2) is 0 Å². The summed E-state index contributed by atoms with van der Waals surface area (Å²) in [6.45, 7) is 2.18. The number of nitrogens with one attached hydrogen (secondary N) is 1. The van der Waals surface area contributed by atoms with Crippen molar-refractivity contribution in [2.75, 3.05) is 19.6 Å². The lowest BCUT2D eigenvalue weighted by Gasteiger charge is -2.31. The monoisotopic (exact) mass is 268 g/mol. The van der Waals surface area contributed by atoms with Gasteiger partial charge in [0.25, 0.3) is 0 Å². The number of amides is 1. The molecule has 1 amide bonds. The zero-order chi connectivity index (χ0) is 13.7. The molecule has 2 rings (SSSR count). The molecule has 0 bridgehead atoms. The Balaban J connectivity index is 1.74. The number of rotatable bonds is 4. The lowest BCUT2D eigenvalue weighted by molar-refractivity contribution is -0.145. The van der Waals surface area contributed by atoms with E-state index in [4.69, 9.17) is 5.11 Å². The van der Waals surface area contributed by atoms with E-state index in [1.165, 1.54) is 12.8 Å². The van der Waals surface area contributed by atoms with E-state index in [1.54, 1.807) is 4.90 Å². The first-order valence-corrected chi connectivity index (χ1v) is 7.41. The van der Waals surface area contributed by atoms with E-state index < -0.39 is 5.97 Å². The van der Waals surface area contributed by atoms with Gasteiger partial charge in [-0.05, 0) is 38.6 Å². The molecule has 0 spiro atoms. The second-order valence-corrected chi connectivity index (χ2v) is 5.70. The van der Waals surface area contributed by atoms with E-state index in [0.29, 0.717) is 25.4 Å². The molecule has 5 heteroatoms. The van der Waals surface area contributed by atoms with Crippen LogP contribution in [0.5, 0.6) is 0 Å². The number of likely N-dealkylation sites (tertiary alicyclic amines) is 1. The summed E-state index contributed by atoms with van der Waals surface area (Å²) >= 11 is 0. The van der Waals surface area contributed by atoms with Crippen LogP contribution in [0.2, 0.25) is 0 Å². The maximum absolute atomic E-state index is 12.1. The van der Waals surface area contributed by atoms with Crippen LogP contribution in [0.25, 0.3) is 0 Å². The molecule has 5 nitrogen and oxygen atoms in total. The minimum atomic E-state index is -0.772. The van der Waals surface area contributed by atoms with Crippen molar-refractivity contribution < 1.29 is 14.7 Å². The fraction of sp³-hybridized carbons (Fsp3) is 0.857. The number of piperidine rings is 2. The summed E-state index contributed by atoms with van der Waals surface area (Å²) < 4.78 is 0. The van der Waals surface area contributed by atoms with Crippen LogP contribution in [0.4, 0.5) is 0 Å². The van der Waals surface area contributed by atoms with Crippen LogP contribution in [-0.2, 0) is 9.59 Å². The first-order valence-electron chi connectivity index (χ1n) is 7.41. The van der Waals surface area contributed by atoms with Crippen LogP contribution in [0.1, 0.15) is 44.9 Å². The van der Waals surface area contributed by atoms with E-state index in [2.05, 4.69) is 5.32 Å². The number of nitrogens with zero attached hydrogens (tertiary/aromatic N) is 1. The summed E-state index contributed by atoms with van der Waals surface area (Å²) in [6.07, 6.45) is 6.57. The van der Waals surface area contributed by atoms with E-state index >= 15 is 0 Å². The molecule has 2 N–H and O–H groups in total. The lowest BCUT2D eigenvalue weighted by Crippen LogP contribution is -2.43. The van der Waals surface area contributed by atoms with Gasteiger partial charge >= 0.3 is 5.97 Å². The minimum absolute atomic E-state index is 0.123. The summed E-state index contributed by atoms with van der Waals surface area (Å²) in [4.78, 5) is 24.8. The Morgan fingerprint density at radius 3 is 2.74 bits per heavy atom. The lowest BCUT2D eigenvalue weighted by atomic mass is 9.97. The quantitative estimate of drug-likeness (QED) is 0.804. The van der Waals surface area contributed by atoms with Crippen molar-refractivity contribution in [3.63, 3.8) is 0 Å². The summed E-state index contributed by atoms with van der Waals surface area (Å²) in [5.74, 6) is -1.02. The molecule has 2 aliphatic rings. The van der Waals surface area contributed by atoms with Gasteiger partial charge in [0.15, 0.2) is 0 Å². The Kier molecular flexibility index (Phi) is 5.19. The van der Waals surface area contributed by atoms with Crippen molar-refractivity contribution in [1.29, 1.82) is 0 Å². The molecule has 2 aliphatic heterocycles. The van der Waals surface area contributed by atoms with Crippen LogP contribution >= 0.6 is 0 Å². The third-order valence-corrected chi connectivity index (χ3v) is 4.24. The third kappa shape index (κ3) is 4.20.